The number of methoxy groups -OCH3 is 1. The monoisotopic (exact) mass is 521 g/mol. The van der Waals surface area contributed by atoms with E-state index >= 15 is 0 Å². The van der Waals surface area contributed by atoms with Crippen LogP contribution in [0.5, 0.6) is 5.75 Å². The largest absolute Gasteiger partial charge is 0.495 e. The van der Waals surface area contributed by atoms with Crippen molar-refractivity contribution in [1.29, 1.82) is 0 Å². The number of fused-ring (bicyclic) bond motifs is 1. The van der Waals surface area contributed by atoms with Gasteiger partial charge in [0.05, 0.1) is 12.6 Å². The van der Waals surface area contributed by atoms with Crippen LogP contribution in [0.3, 0.4) is 0 Å². The third kappa shape index (κ3) is 5.20. The highest BCUT2D eigenvalue weighted by Crippen LogP contribution is 2.32. The second kappa shape index (κ2) is 11.2. The van der Waals surface area contributed by atoms with Crippen LogP contribution in [0.1, 0.15) is 47.0 Å². The molecule has 0 saturated carbocycles. The SMILES string of the molecule is COc1cccc2c(C(=O)c3ccccc3)cn(CCCN3CCC(c4nc(-c5cccnc5)no4)CC3)c12. The molecule has 1 aliphatic rings. The van der Waals surface area contributed by atoms with Gasteiger partial charge in [-0.1, -0.05) is 47.6 Å². The number of pyridine rings is 1. The zero-order valence-corrected chi connectivity index (χ0v) is 22.0. The molecule has 4 heterocycles. The smallest absolute Gasteiger partial charge is 0.230 e. The van der Waals surface area contributed by atoms with Crippen LogP contribution in [0, 0.1) is 0 Å². The summed E-state index contributed by atoms with van der Waals surface area (Å²) in [6.07, 6.45) is 8.43. The number of rotatable bonds is 9. The van der Waals surface area contributed by atoms with Gasteiger partial charge in [-0.05, 0) is 57.1 Å². The number of hydrogen-bond donors (Lipinski definition) is 0. The van der Waals surface area contributed by atoms with Gasteiger partial charge in [-0.3, -0.25) is 9.78 Å². The minimum absolute atomic E-state index is 0.0300. The summed E-state index contributed by atoms with van der Waals surface area (Å²) in [5.41, 5.74) is 3.24. The predicted octanol–water partition coefficient (Wildman–Crippen LogP) is 5.60. The predicted molar refractivity (Wildman–Crippen MR) is 149 cm³/mol. The van der Waals surface area contributed by atoms with Crippen molar-refractivity contribution < 1.29 is 14.1 Å². The fraction of sp³-hybridized carbons (Fsp3) is 0.290. The first kappa shape index (κ1) is 25.0. The van der Waals surface area contributed by atoms with E-state index in [1.54, 1.807) is 19.5 Å². The molecule has 0 bridgehead atoms. The molecule has 0 N–H and O–H groups in total. The second-order valence-corrected chi connectivity index (χ2v) is 9.96. The van der Waals surface area contributed by atoms with Crippen molar-refractivity contribution in [3.63, 3.8) is 0 Å². The van der Waals surface area contributed by atoms with Crippen LogP contribution in [0.15, 0.2) is 83.8 Å². The highest BCUT2D eigenvalue weighted by atomic mass is 16.5. The van der Waals surface area contributed by atoms with Gasteiger partial charge in [-0.2, -0.15) is 4.98 Å². The van der Waals surface area contributed by atoms with E-state index in [9.17, 15) is 4.79 Å². The van der Waals surface area contributed by atoms with Crippen molar-refractivity contribution in [1.82, 2.24) is 24.6 Å². The lowest BCUT2D eigenvalue weighted by molar-refractivity contribution is 0.104. The highest BCUT2D eigenvalue weighted by molar-refractivity contribution is 6.17. The number of aryl methyl sites for hydroxylation is 1. The summed E-state index contributed by atoms with van der Waals surface area (Å²) in [6, 6.07) is 19.2. The average Bonchev–Trinajstić information content (AvgIpc) is 3.64. The van der Waals surface area contributed by atoms with Crippen molar-refractivity contribution in [2.45, 2.75) is 31.7 Å². The van der Waals surface area contributed by atoms with Gasteiger partial charge in [0.25, 0.3) is 0 Å². The van der Waals surface area contributed by atoms with Crippen LogP contribution in [0.25, 0.3) is 22.3 Å². The van der Waals surface area contributed by atoms with E-state index < -0.39 is 0 Å². The lowest BCUT2D eigenvalue weighted by atomic mass is 9.96. The molecule has 2 aromatic carbocycles. The third-order valence-corrected chi connectivity index (χ3v) is 7.53. The summed E-state index contributed by atoms with van der Waals surface area (Å²) < 4.78 is 13.5. The Kier molecular flexibility index (Phi) is 7.19. The molecule has 198 valence electrons. The number of likely N-dealkylation sites (tertiary alicyclic amines) is 1. The zero-order valence-electron chi connectivity index (χ0n) is 22.0. The quantitative estimate of drug-likeness (QED) is 0.234. The Hall–Kier alpha value is -4.30. The van der Waals surface area contributed by atoms with Crippen molar-refractivity contribution in [2.75, 3.05) is 26.7 Å². The van der Waals surface area contributed by atoms with E-state index in [0.717, 1.165) is 73.5 Å². The zero-order chi connectivity index (χ0) is 26.6. The maximum Gasteiger partial charge on any atom is 0.230 e. The van der Waals surface area contributed by atoms with E-state index in [2.05, 4.69) is 24.6 Å². The van der Waals surface area contributed by atoms with Crippen molar-refractivity contribution in [2.24, 2.45) is 0 Å². The number of hydrogen-bond acceptors (Lipinski definition) is 7. The van der Waals surface area contributed by atoms with Gasteiger partial charge in [0.1, 0.15) is 5.75 Å². The fourth-order valence-corrected chi connectivity index (χ4v) is 5.47. The number of carbonyl (C=O) groups excluding carboxylic acids is 1. The van der Waals surface area contributed by atoms with Crippen LogP contribution in [0.4, 0.5) is 0 Å². The normalized spacial score (nSPS) is 14.6. The molecule has 3 aromatic heterocycles. The Labute approximate surface area is 227 Å². The van der Waals surface area contributed by atoms with Gasteiger partial charge in [-0.25, -0.2) is 0 Å². The molecule has 0 amide bonds. The standard InChI is InChI=1S/C31H31N5O3/c1-38-27-12-5-11-25-26(29(37)22-8-3-2-4-9-22)21-36(28(25)27)17-7-16-35-18-13-23(14-19-35)31-33-30(34-39-31)24-10-6-15-32-20-24/h2-6,8-12,15,20-21,23H,7,13-14,16-19H2,1H3. The molecule has 1 fully saturated rings. The minimum Gasteiger partial charge on any atom is -0.495 e. The molecule has 1 aliphatic heterocycles. The van der Waals surface area contributed by atoms with E-state index in [-0.39, 0.29) is 11.7 Å². The summed E-state index contributed by atoms with van der Waals surface area (Å²) in [4.78, 5) is 24.6. The summed E-state index contributed by atoms with van der Waals surface area (Å²) in [6.45, 7) is 3.76. The highest BCUT2D eigenvalue weighted by Gasteiger charge is 2.25. The molecule has 5 aromatic rings. The van der Waals surface area contributed by atoms with Crippen molar-refractivity contribution >= 4 is 16.7 Å². The molecule has 8 nitrogen and oxygen atoms in total. The summed E-state index contributed by atoms with van der Waals surface area (Å²) in [7, 11) is 1.68. The first-order valence-electron chi connectivity index (χ1n) is 13.4. The lowest BCUT2D eigenvalue weighted by Crippen LogP contribution is -2.34. The fourth-order valence-electron chi connectivity index (χ4n) is 5.47. The Bertz CT molecular complexity index is 1550. The number of aromatic nitrogens is 4. The van der Waals surface area contributed by atoms with E-state index in [1.165, 1.54) is 0 Å². The number of ketones is 1. The summed E-state index contributed by atoms with van der Waals surface area (Å²) in [5.74, 6) is 2.41. The van der Waals surface area contributed by atoms with Crippen LogP contribution >= 0.6 is 0 Å². The number of para-hydroxylation sites is 1. The first-order chi connectivity index (χ1) is 19.2. The molecule has 8 heteroatoms. The minimum atomic E-state index is 0.0300. The maximum absolute atomic E-state index is 13.3. The molecule has 39 heavy (non-hydrogen) atoms. The molecule has 1 saturated heterocycles. The molecule has 6 rings (SSSR count). The van der Waals surface area contributed by atoms with Crippen LogP contribution in [-0.2, 0) is 6.54 Å². The van der Waals surface area contributed by atoms with E-state index in [1.807, 2.05) is 66.9 Å². The van der Waals surface area contributed by atoms with Gasteiger partial charge in [-0.15, -0.1) is 0 Å². The van der Waals surface area contributed by atoms with Gasteiger partial charge >= 0.3 is 0 Å². The second-order valence-electron chi connectivity index (χ2n) is 9.96. The Balaban J connectivity index is 1.10. The first-order valence-corrected chi connectivity index (χ1v) is 13.4. The van der Waals surface area contributed by atoms with Crippen LogP contribution in [-0.4, -0.2) is 57.1 Å². The van der Waals surface area contributed by atoms with Gasteiger partial charge < -0.3 is 18.7 Å². The number of carbonyl (C=O) groups is 1. The maximum atomic E-state index is 13.3. The number of piperidine rings is 1. The number of ether oxygens (including phenoxy) is 1. The molecule has 0 unspecified atom stereocenters. The summed E-state index contributed by atoms with van der Waals surface area (Å²) >= 11 is 0. The van der Waals surface area contributed by atoms with E-state index in [4.69, 9.17) is 9.26 Å². The van der Waals surface area contributed by atoms with E-state index in [0.29, 0.717) is 17.0 Å². The van der Waals surface area contributed by atoms with Gasteiger partial charge in [0.2, 0.25) is 11.7 Å². The molecule has 0 aliphatic carbocycles. The average molecular weight is 522 g/mol. The third-order valence-electron chi connectivity index (χ3n) is 7.53. The number of benzene rings is 2. The lowest BCUT2D eigenvalue weighted by Gasteiger charge is -2.30. The molecular weight excluding hydrogens is 490 g/mol. The van der Waals surface area contributed by atoms with Gasteiger partial charge in [0.15, 0.2) is 5.78 Å². The summed E-state index contributed by atoms with van der Waals surface area (Å²) in [5, 5.41) is 5.08. The Morgan fingerprint density at radius 1 is 1.03 bits per heavy atom. The van der Waals surface area contributed by atoms with Crippen LogP contribution < -0.4 is 4.74 Å². The Morgan fingerprint density at radius 2 is 1.87 bits per heavy atom. The molecular formula is C31H31N5O3. The van der Waals surface area contributed by atoms with Crippen LogP contribution in [0.2, 0.25) is 0 Å². The van der Waals surface area contributed by atoms with Crippen molar-refractivity contribution in [3.8, 4) is 17.1 Å². The topological polar surface area (TPSA) is 86.3 Å². The molecule has 0 radical (unpaired) electrons. The van der Waals surface area contributed by atoms with Crippen molar-refractivity contribution in [3.05, 3.63) is 96.3 Å². The Morgan fingerprint density at radius 3 is 2.64 bits per heavy atom. The number of nitrogens with zero attached hydrogens (tertiary/aromatic N) is 5. The molecule has 0 atom stereocenters. The molecule has 0 spiro atoms. The van der Waals surface area contributed by atoms with Gasteiger partial charge in [0, 0.05) is 53.1 Å².